The van der Waals surface area contributed by atoms with Crippen LogP contribution >= 0.6 is 24.8 Å². The predicted octanol–water partition coefficient (Wildman–Crippen LogP) is 1.79. The molecule has 5 nitrogen and oxygen atoms in total. The van der Waals surface area contributed by atoms with Crippen molar-refractivity contribution in [2.24, 2.45) is 0 Å². The van der Waals surface area contributed by atoms with Crippen LogP contribution < -0.4 is 10.9 Å². The molecule has 2 rings (SSSR count). The molecule has 0 aliphatic heterocycles. The molecule has 0 aliphatic carbocycles. The summed E-state index contributed by atoms with van der Waals surface area (Å²) in [5.41, 5.74) is 5.70. The minimum atomic E-state index is -0.447. The Labute approximate surface area is 114 Å². The van der Waals surface area contributed by atoms with Crippen molar-refractivity contribution in [3.8, 4) is 11.5 Å². The molecule has 0 aliphatic rings. The maximum Gasteiger partial charge on any atom is 0.291 e. The van der Waals surface area contributed by atoms with Crippen molar-refractivity contribution >= 4 is 35.1 Å². The second-order valence-corrected chi connectivity index (χ2v) is 4.45. The van der Waals surface area contributed by atoms with Crippen LogP contribution in [-0.4, -0.2) is 15.2 Å². The molecule has 1 heterocycles. The van der Waals surface area contributed by atoms with E-state index >= 15 is 0 Å². The van der Waals surface area contributed by atoms with E-state index in [9.17, 15) is 4.79 Å². The van der Waals surface area contributed by atoms with Gasteiger partial charge < -0.3 is 4.42 Å². The topological polar surface area (TPSA) is 67.2 Å². The van der Waals surface area contributed by atoms with Crippen molar-refractivity contribution in [3.05, 3.63) is 42.3 Å². The summed E-state index contributed by atoms with van der Waals surface area (Å²) in [6.45, 7) is 0. The van der Waals surface area contributed by atoms with E-state index in [-0.39, 0.29) is 10.0 Å². The van der Waals surface area contributed by atoms with Gasteiger partial charge in [0.15, 0.2) is 5.69 Å². The largest absolute Gasteiger partial charge is 0.444 e. The second-order valence-electron chi connectivity index (χ2n) is 3.29. The molecule has 0 fully saturated rings. The van der Waals surface area contributed by atoms with E-state index in [1.165, 1.54) is 6.26 Å². The number of carbonyl (C=O) groups is 1. The SMILES string of the molecule is O=C(NNC(=S)S)c1coc(-c2ccccc2)n1. The standard InChI is InChI=1S/C11H9N3O2S2/c15-9(13-14-11(17)18)8-6-16-10(12-8)7-4-2-1-3-5-7/h1-6H,(H,13,15)(H2,14,17,18). The third kappa shape index (κ3) is 3.08. The number of hydrazine groups is 1. The highest BCUT2D eigenvalue weighted by Gasteiger charge is 2.12. The van der Waals surface area contributed by atoms with E-state index in [1.807, 2.05) is 30.3 Å². The number of carbonyl (C=O) groups excluding carboxylic acids is 1. The van der Waals surface area contributed by atoms with Gasteiger partial charge >= 0.3 is 0 Å². The number of nitrogens with zero attached hydrogens (tertiary/aromatic N) is 1. The van der Waals surface area contributed by atoms with Crippen LogP contribution in [0.3, 0.4) is 0 Å². The Morgan fingerprint density at radius 2 is 2.00 bits per heavy atom. The zero-order valence-electron chi connectivity index (χ0n) is 9.08. The zero-order chi connectivity index (χ0) is 13.0. The van der Waals surface area contributed by atoms with Crippen LogP contribution in [0.5, 0.6) is 0 Å². The average molecular weight is 279 g/mol. The van der Waals surface area contributed by atoms with E-state index in [4.69, 9.17) is 4.42 Å². The molecule has 0 unspecified atom stereocenters. The molecule has 1 aromatic heterocycles. The van der Waals surface area contributed by atoms with Crippen LogP contribution in [0.25, 0.3) is 11.5 Å². The highest BCUT2D eigenvalue weighted by molar-refractivity contribution is 8.11. The number of thiocarbonyl (C=S) groups is 1. The Hall–Kier alpha value is -1.86. The van der Waals surface area contributed by atoms with Gasteiger partial charge in [0, 0.05) is 5.56 Å². The van der Waals surface area contributed by atoms with Crippen molar-refractivity contribution in [1.82, 2.24) is 15.8 Å². The first-order valence-corrected chi connectivity index (χ1v) is 5.82. The average Bonchev–Trinajstić information content (AvgIpc) is 2.86. The number of nitrogens with one attached hydrogen (secondary N) is 2. The zero-order valence-corrected chi connectivity index (χ0v) is 10.8. The van der Waals surface area contributed by atoms with E-state index in [0.717, 1.165) is 5.56 Å². The first-order chi connectivity index (χ1) is 8.66. The van der Waals surface area contributed by atoms with Gasteiger partial charge in [0.1, 0.15) is 10.6 Å². The first-order valence-electron chi connectivity index (χ1n) is 4.97. The first kappa shape index (κ1) is 12.6. The highest BCUT2D eigenvalue weighted by atomic mass is 32.1. The maximum absolute atomic E-state index is 11.6. The molecule has 7 heteroatoms. The minimum absolute atomic E-state index is 0.158. The number of hydrogen-bond donors (Lipinski definition) is 3. The van der Waals surface area contributed by atoms with Crippen LogP contribution in [0.4, 0.5) is 0 Å². The minimum Gasteiger partial charge on any atom is -0.444 e. The Morgan fingerprint density at radius 1 is 1.28 bits per heavy atom. The lowest BCUT2D eigenvalue weighted by molar-refractivity contribution is 0.0939. The van der Waals surface area contributed by atoms with Gasteiger partial charge in [-0.3, -0.25) is 15.6 Å². The van der Waals surface area contributed by atoms with Gasteiger partial charge in [-0.15, -0.1) is 12.6 Å². The van der Waals surface area contributed by atoms with E-state index in [2.05, 4.69) is 40.7 Å². The second kappa shape index (κ2) is 5.65. The summed E-state index contributed by atoms with van der Waals surface area (Å²) in [4.78, 5) is 15.7. The van der Waals surface area contributed by atoms with Crippen molar-refractivity contribution in [2.45, 2.75) is 0 Å². The predicted molar refractivity (Wildman–Crippen MR) is 74.1 cm³/mol. The Kier molecular flexibility index (Phi) is 3.96. The number of amides is 1. The summed E-state index contributed by atoms with van der Waals surface area (Å²) in [6.07, 6.45) is 1.28. The van der Waals surface area contributed by atoms with Gasteiger partial charge in [0.05, 0.1) is 0 Å². The summed E-state index contributed by atoms with van der Waals surface area (Å²) in [5.74, 6) is -0.0634. The number of aromatic nitrogens is 1. The lowest BCUT2D eigenvalue weighted by Crippen LogP contribution is -2.38. The Bertz CT molecular complexity index is 569. The van der Waals surface area contributed by atoms with Crippen LogP contribution in [0.15, 0.2) is 41.0 Å². The highest BCUT2D eigenvalue weighted by Crippen LogP contribution is 2.17. The lowest BCUT2D eigenvalue weighted by Gasteiger charge is -2.02. The van der Waals surface area contributed by atoms with Gasteiger partial charge in [0.25, 0.3) is 5.91 Å². The fourth-order valence-electron chi connectivity index (χ4n) is 1.27. The summed E-state index contributed by atoms with van der Waals surface area (Å²) in [6, 6.07) is 9.29. The van der Waals surface area contributed by atoms with Gasteiger partial charge in [0.2, 0.25) is 5.89 Å². The van der Waals surface area contributed by atoms with Crippen LogP contribution in [0, 0.1) is 0 Å². The lowest BCUT2D eigenvalue weighted by atomic mass is 10.2. The molecule has 18 heavy (non-hydrogen) atoms. The molecule has 0 spiro atoms. The molecule has 2 aromatic rings. The summed E-state index contributed by atoms with van der Waals surface area (Å²) >= 11 is 8.45. The van der Waals surface area contributed by atoms with E-state index < -0.39 is 5.91 Å². The van der Waals surface area contributed by atoms with Gasteiger partial charge in [-0.25, -0.2) is 4.98 Å². The fraction of sp³-hybridized carbons (Fsp3) is 0. The van der Waals surface area contributed by atoms with Crippen LogP contribution in [0.1, 0.15) is 10.5 Å². The van der Waals surface area contributed by atoms with Crippen molar-refractivity contribution in [2.75, 3.05) is 0 Å². The normalized spacial score (nSPS) is 9.83. The molecule has 0 radical (unpaired) electrons. The molecule has 0 bridgehead atoms. The Balaban J connectivity index is 2.11. The fourth-order valence-corrected chi connectivity index (χ4v) is 1.37. The van der Waals surface area contributed by atoms with Gasteiger partial charge in [-0.05, 0) is 12.1 Å². The maximum atomic E-state index is 11.6. The molecule has 2 N–H and O–H groups in total. The van der Waals surface area contributed by atoms with Crippen LogP contribution in [0.2, 0.25) is 0 Å². The monoisotopic (exact) mass is 279 g/mol. The molecule has 92 valence electrons. The van der Waals surface area contributed by atoms with Gasteiger partial charge in [-0.1, -0.05) is 30.4 Å². The van der Waals surface area contributed by atoms with Crippen molar-refractivity contribution in [1.29, 1.82) is 0 Å². The van der Waals surface area contributed by atoms with E-state index in [1.54, 1.807) is 0 Å². The smallest absolute Gasteiger partial charge is 0.291 e. The molecular weight excluding hydrogens is 270 g/mol. The van der Waals surface area contributed by atoms with E-state index in [0.29, 0.717) is 5.89 Å². The molecule has 1 aromatic carbocycles. The number of hydrogen-bond acceptors (Lipinski definition) is 4. The van der Waals surface area contributed by atoms with Crippen LogP contribution in [-0.2, 0) is 0 Å². The van der Waals surface area contributed by atoms with Crippen molar-refractivity contribution in [3.63, 3.8) is 0 Å². The number of rotatable bonds is 2. The summed E-state index contributed by atoms with van der Waals surface area (Å²) in [5, 5.41) is 0. The quantitative estimate of drug-likeness (QED) is 0.444. The molecular formula is C11H9N3O2S2. The number of oxazole rings is 1. The molecule has 0 saturated heterocycles. The third-order valence-electron chi connectivity index (χ3n) is 2.04. The Morgan fingerprint density at radius 3 is 2.67 bits per heavy atom. The van der Waals surface area contributed by atoms with Crippen molar-refractivity contribution < 1.29 is 9.21 Å². The number of thiol groups is 1. The molecule has 1 amide bonds. The molecule has 0 saturated carbocycles. The third-order valence-corrected chi connectivity index (χ3v) is 2.25. The summed E-state index contributed by atoms with van der Waals surface area (Å²) in [7, 11) is 0. The summed E-state index contributed by atoms with van der Waals surface area (Å²) < 4.78 is 5.39. The number of benzene rings is 1. The molecule has 0 atom stereocenters. The van der Waals surface area contributed by atoms with Gasteiger partial charge in [-0.2, -0.15) is 0 Å².